The number of halogens is 1. The molecule has 24 heavy (non-hydrogen) atoms. The Labute approximate surface area is 146 Å². The smallest absolute Gasteiger partial charge is 0.226 e. The van der Waals surface area contributed by atoms with Gasteiger partial charge in [0.15, 0.2) is 0 Å². The molecule has 0 aromatic carbocycles. The summed E-state index contributed by atoms with van der Waals surface area (Å²) >= 11 is 6.44. The van der Waals surface area contributed by atoms with Crippen LogP contribution in [0.1, 0.15) is 48.0 Å². The first-order valence-corrected chi connectivity index (χ1v) is 8.83. The Hall–Kier alpha value is -1.82. The van der Waals surface area contributed by atoms with Crippen LogP contribution in [-0.4, -0.2) is 36.9 Å². The fourth-order valence-corrected chi connectivity index (χ4v) is 4.34. The highest BCUT2D eigenvalue weighted by Gasteiger charge is 2.48. The highest BCUT2D eigenvalue weighted by atomic mass is 35.5. The van der Waals surface area contributed by atoms with Crippen LogP contribution in [0.2, 0.25) is 5.15 Å². The summed E-state index contributed by atoms with van der Waals surface area (Å²) in [5.74, 6) is 0.661. The van der Waals surface area contributed by atoms with Crippen LogP contribution in [0.4, 0.5) is 0 Å². The molecule has 128 valence electrons. The van der Waals surface area contributed by atoms with Crippen molar-refractivity contribution in [3.05, 3.63) is 34.4 Å². The molecule has 1 aliphatic heterocycles. The number of carbonyl (C=O) groups excluding carboxylic acids is 1. The lowest BCUT2D eigenvalue weighted by molar-refractivity contribution is -0.133. The summed E-state index contributed by atoms with van der Waals surface area (Å²) in [5, 5.41) is 9.28. The van der Waals surface area contributed by atoms with E-state index in [4.69, 9.17) is 11.6 Å². The number of nitrogens with zero attached hydrogens (tertiary/aromatic N) is 5. The van der Waals surface area contributed by atoms with Crippen LogP contribution in [0.25, 0.3) is 0 Å². The summed E-state index contributed by atoms with van der Waals surface area (Å²) < 4.78 is 3.50. The lowest BCUT2D eigenvalue weighted by Gasteiger charge is -2.25. The minimum absolute atomic E-state index is 0.0637. The second-order valence-electron chi connectivity index (χ2n) is 7.00. The van der Waals surface area contributed by atoms with Crippen LogP contribution in [0.5, 0.6) is 0 Å². The van der Waals surface area contributed by atoms with Gasteiger partial charge in [-0.25, -0.2) is 0 Å². The first-order valence-electron chi connectivity index (χ1n) is 8.45. The zero-order chi connectivity index (χ0) is 17.0. The van der Waals surface area contributed by atoms with Crippen molar-refractivity contribution in [1.82, 2.24) is 24.5 Å². The predicted octanol–water partition coefficient (Wildman–Crippen LogP) is 2.58. The number of hydrogen-bond acceptors (Lipinski definition) is 3. The van der Waals surface area contributed by atoms with E-state index in [1.807, 2.05) is 38.3 Å². The Morgan fingerprint density at radius 1 is 1.38 bits per heavy atom. The molecule has 1 saturated carbocycles. The number of carbonyl (C=O) groups is 1. The van der Waals surface area contributed by atoms with Crippen LogP contribution < -0.4 is 0 Å². The number of aromatic nitrogens is 4. The van der Waals surface area contributed by atoms with E-state index in [-0.39, 0.29) is 17.9 Å². The van der Waals surface area contributed by atoms with Gasteiger partial charge in [-0.1, -0.05) is 11.6 Å². The fraction of sp³-hybridized carbons (Fsp3) is 0.588. The van der Waals surface area contributed by atoms with Gasteiger partial charge in [0.05, 0.1) is 17.9 Å². The van der Waals surface area contributed by atoms with Crippen molar-refractivity contribution in [2.75, 3.05) is 6.54 Å². The Balaban J connectivity index is 1.54. The Bertz CT molecular complexity index is 795. The van der Waals surface area contributed by atoms with E-state index in [1.54, 1.807) is 9.36 Å². The number of hydrogen-bond donors (Lipinski definition) is 0. The summed E-state index contributed by atoms with van der Waals surface area (Å²) in [5.41, 5.74) is 3.11. The SMILES string of the molecule is Cc1nn(C)c(Cl)c1C1CCCN1C(=O)C1CC1c1cnn(C)c1. The van der Waals surface area contributed by atoms with Gasteiger partial charge in [0.25, 0.3) is 0 Å². The van der Waals surface area contributed by atoms with Gasteiger partial charge in [-0.2, -0.15) is 10.2 Å². The maximum atomic E-state index is 13.0. The summed E-state index contributed by atoms with van der Waals surface area (Å²) in [4.78, 5) is 15.1. The van der Waals surface area contributed by atoms with Gasteiger partial charge < -0.3 is 4.90 Å². The molecular weight excluding hydrogens is 326 g/mol. The summed E-state index contributed by atoms with van der Waals surface area (Å²) in [6.45, 7) is 2.78. The van der Waals surface area contributed by atoms with Gasteiger partial charge in [-0.05, 0) is 37.7 Å². The Morgan fingerprint density at radius 2 is 2.17 bits per heavy atom. The van der Waals surface area contributed by atoms with Crippen LogP contribution >= 0.6 is 11.6 Å². The average Bonchev–Trinajstić information content (AvgIpc) is 2.84. The van der Waals surface area contributed by atoms with Crippen molar-refractivity contribution in [3.63, 3.8) is 0 Å². The molecular formula is C17H22ClN5O. The lowest BCUT2D eigenvalue weighted by Crippen LogP contribution is -2.32. The molecule has 0 bridgehead atoms. The second-order valence-corrected chi connectivity index (χ2v) is 7.36. The zero-order valence-corrected chi connectivity index (χ0v) is 15.0. The molecule has 4 rings (SSSR count). The largest absolute Gasteiger partial charge is 0.335 e. The molecule has 7 heteroatoms. The molecule has 3 atom stereocenters. The first kappa shape index (κ1) is 15.7. The van der Waals surface area contributed by atoms with Gasteiger partial charge >= 0.3 is 0 Å². The zero-order valence-electron chi connectivity index (χ0n) is 14.2. The van der Waals surface area contributed by atoms with Gasteiger partial charge in [0.2, 0.25) is 5.91 Å². The van der Waals surface area contributed by atoms with Crippen molar-refractivity contribution in [3.8, 4) is 0 Å². The number of amides is 1. The molecule has 0 radical (unpaired) electrons. The van der Waals surface area contributed by atoms with Crippen LogP contribution in [0, 0.1) is 12.8 Å². The number of aryl methyl sites for hydroxylation is 3. The monoisotopic (exact) mass is 347 g/mol. The highest BCUT2D eigenvalue weighted by molar-refractivity contribution is 6.30. The molecule has 3 heterocycles. The third kappa shape index (κ3) is 2.44. The summed E-state index contributed by atoms with van der Waals surface area (Å²) in [6.07, 6.45) is 6.80. The number of rotatable bonds is 3. The van der Waals surface area contributed by atoms with E-state index < -0.39 is 0 Å². The fourth-order valence-electron chi connectivity index (χ4n) is 4.04. The quantitative estimate of drug-likeness (QED) is 0.857. The lowest BCUT2D eigenvalue weighted by atomic mass is 10.1. The molecule has 1 aliphatic carbocycles. The van der Waals surface area contributed by atoms with E-state index in [2.05, 4.69) is 10.2 Å². The molecule has 2 aromatic heterocycles. The van der Waals surface area contributed by atoms with E-state index >= 15 is 0 Å². The molecule has 1 amide bonds. The third-order valence-corrected chi connectivity index (χ3v) is 5.77. The molecule has 0 N–H and O–H groups in total. The minimum Gasteiger partial charge on any atom is -0.335 e. The van der Waals surface area contributed by atoms with Gasteiger partial charge in [-0.15, -0.1) is 0 Å². The van der Waals surface area contributed by atoms with E-state index in [9.17, 15) is 4.79 Å². The van der Waals surface area contributed by atoms with E-state index in [0.29, 0.717) is 11.1 Å². The topological polar surface area (TPSA) is 56.0 Å². The Morgan fingerprint density at radius 3 is 2.79 bits per heavy atom. The highest BCUT2D eigenvalue weighted by Crippen LogP contribution is 2.50. The maximum absolute atomic E-state index is 13.0. The maximum Gasteiger partial charge on any atom is 0.226 e. The molecule has 2 fully saturated rings. The second kappa shape index (κ2) is 5.62. The first-order chi connectivity index (χ1) is 11.5. The minimum atomic E-state index is 0.0637. The summed E-state index contributed by atoms with van der Waals surface area (Å²) in [6, 6.07) is 0.0637. The standard InChI is InChI=1S/C17H22ClN5O/c1-10-15(16(18)22(3)20-10)14-5-4-6-23(14)17(24)13-7-12(13)11-8-19-21(2)9-11/h8-9,12-14H,4-7H2,1-3H3. The third-order valence-electron chi connectivity index (χ3n) is 5.33. The van der Waals surface area contributed by atoms with Crippen LogP contribution in [0.3, 0.4) is 0 Å². The molecule has 0 spiro atoms. The van der Waals surface area contributed by atoms with Crippen molar-refractivity contribution >= 4 is 17.5 Å². The van der Waals surface area contributed by atoms with Crippen molar-refractivity contribution in [2.45, 2.75) is 38.1 Å². The van der Waals surface area contributed by atoms with Crippen molar-refractivity contribution in [2.24, 2.45) is 20.0 Å². The molecule has 2 aliphatic rings. The van der Waals surface area contributed by atoms with Gasteiger partial charge in [0.1, 0.15) is 5.15 Å². The Kier molecular flexibility index (Phi) is 3.67. The molecule has 6 nitrogen and oxygen atoms in total. The molecule has 1 saturated heterocycles. The van der Waals surface area contributed by atoms with Gasteiger partial charge in [0, 0.05) is 38.3 Å². The number of likely N-dealkylation sites (tertiary alicyclic amines) is 1. The average molecular weight is 348 g/mol. The molecule has 2 aromatic rings. The summed E-state index contributed by atoms with van der Waals surface area (Å²) in [7, 11) is 3.76. The van der Waals surface area contributed by atoms with Crippen molar-refractivity contribution < 1.29 is 4.79 Å². The van der Waals surface area contributed by atoms with E-state index in [1.165, 1.54) is 5.56 Å². The normalized spacial score (nSPS) is 26.2. The van der Waals surface area contributed by atoms with Gasteiger partial charge in [-0.3, -0.25) is 14.2 Å². The van der Waals surface area contributed by atoms with Crippen molar-refractivity contribution in [1.29, 1.82) is 0 Å². The predicted molar refractivity (Wildman–Crippen MR) is 90.7 cm³/mol. The van der Waals surface area contributed by atoms with E-state index in [0.717, 1.165) is 37.1 Å². The van der Waals surface area contributed by atoms with Crippen LogP contribution in [-0.2, 0) is 18.9 Å². The molecule has 3 unspecified atom stereocenters. The van der Waals surface area contributed by atoms with Crippen LogP contribution in [0.15, 0.2) is 12.4 Å².